The summed E-state index contributed by atoms with van der Waals surface area (Å²) in [5.41, 5.74) is 0.398. The van der Waals surface area contributed by atoms with Crippen LogP contribution in [0.4, 0.5) is 0 Å². The summed E-state index contributed by atoms with van der Waals surface area (Å²) in [6.45, 7) is 0. The molecule has 0 spiro atoms. The van der Waals surface area contributed by atoms with Crippen molar-refractivity contribution < 1.29 is 19.1 Å². The molecule has 0 aliphatic rings. The fourth-order valence-electron chi connectivity index (χ4n) is 1.40. The second-order valence-corrected chi connectivity index (χ2v) is 3.71. The lowest BCUT2D eigenvalue weighted by Gasteiger charge is -2.06. The minimum absolute atomic E-state index is 0.00606. The van der Waals surface area contributed by atoms with Crippen molar-refractivity contribution in [2.75, 3.05) is 0 Å². The highest BCUT2D eigenvalue weighted by Crippen LogP contribution is 2.29. The largest absolute Gasteiger partial charge is 0.545 e. The third-order valence-electron chi connectivity index (χ3n) is 2.21. The highest BCUT2D eigenvalue weighted by atomic mass is 35.5. The van der Waals surface area contributed by atoms with E-state index in [0.29, 0.717) is 22.6 Å². The van der Waals surface area contributed by atoms with Crippen LogP contribution in [0.2, 0.25) is 5.02 Å². The van der Waals surface area contributed by atoms with Gasteiger partial charge in [0.25, 0.3) is 0 Å². The van der Waals surface area contributed by atoms with Gasteiger partial charge in [-0.15, -0.1) is 0 Å². The zero-order chi connectivity index (χ0) is 12.4. The maximum atomic E-state index is 10.7. The minimum Gasteiger partial charge on any atom is -0.545 e. The molecule has 0 bridgehead atoms. The molecular formula is C12H6ClO4-. The van der Waals surface area contributed by atoms with Crippen LogP contribution >= 0.6 is 11.6 Å². The van der Waals surface area contributed by atoms with Crippen molar-refractivity contribution in [3.63, 3.8) is 0 Å². The monoisotopic (exact) mass is 249 g/mol. The normalized spacial score (nSPS) is 10.2. The van der Waals surface area contributed by atoms with Crippen molar-refractivity contribution >= 4 is 23.9 Å². The van der Waals surface area contributed by atoms with Gasteiger partial charge in [0.1, 0.15) is 5.76 Å². The molecule has 0 atom stereocenters. The molecule has 0 unspecified atom stereocenters. The Morgan fingerprint density at radius 3 is 2.65 bits per heavy atom. The number of aromatic carboxylic acids is 1. The highest BCUT2D eigenvalue weighted by molar-refractivity contribution is 6.33. The Morgan fingerprint density at radius 1 is 1.29 bits per heavy atom. The molecule has 1 aromatic heterocycles. The number of halogens is 1. The molecule has 17 heavy (non-hydrogen) atoms. The number of carboxylic acids is 1. The van der Waals surface area contributed by atoms with Crippen molar-refractivity contribution in [3.05, 3.63) is 46.7 Å². The zero-order valence-electron chi connectivity index (χ0n) is 8.48. The molecule has 1 heterocycles. The number of carbonyl (C=O) groups excluding carboxylic acids is 2. The number of rotatable bonds is 3. The summed E-state index contributed by atoms with van der Waals surface area (Å²) in [4.78, 5) is 21.2. The first-order valence-corrected chi connectivity index (χ1v) is 5.06. The Labute approximate surface area is 101 Å². The summed E-state index contributed by atoms with van der Waals surface area (Å²) >= 11 is 5.93. The van der Waals surface area contributed by atoms with Crippen LogP contribution in [-0.4, -0.2) is 12.3 Å². The maximum Gasteiger partial charge on any atom is 0.185 e. The lowest BCUT2D eigenvalue weighted by molar-refractivity contribution is -0.255. The van der Waals surface area contributed by atoms with Gasteiger partial charge >= 0.3 is 0 Å². The summed E-state index contributed by atoms with van der Waals surface area (Å²) in [5, 5.41) is 11.1. The van der Waals surface area contributed by atoms with Gasteiger partial charge in [-0.2, -0.15) is 0 Å². The summed E-state index contributed by atoms with van der Waals surface area (Å²) in [5.74, 6) is -0.819. The van der Waals surface area contributed by atoms with Gasteiger partial charge in [0.2, 0.25) is 0 Å². The smallest absolute Gasteiger partial charge is 0.185 e. The zero-order valence-corrected chi connectivity index (χ0v) is 9.23. The molecule has 4 nitrogen and oxygen atoms in total. The van der Waals surface area contributed by atoms with Crippen molar-refractivity contribution in [1.82, 2.24) is 0 Å². The van der Waals surface area contributed by atoms with Crippen LogP contribution < -0.4 is 5.11 Å². The Hall–Kier alpha value is -2.07. The number of hydrogen-bond acceptors (Lipinski definition) is 4. The van der Waals surface area contributed by atoms with Crippen LogP contribution in [0.5, 0.6) is 0 Å². The predicted octanol–water partition coefficient (Wildman–Crippen LogP) is 1.78. The van der Waals surface area contributed by atoms with Crippen molar-refractivity contribution in [3.8, 4) is 11.3 Å². The van der Waals surface area contributed by atoms with Crippen LogP contribution in [0.3, 0.4) is 0 Å². The van der Waals surface area contributed by atoms with E-state index in [1.165, 1.54) is 24.3 Å². The molecule has 0 fully saturated rings. The van der Waals surface area contributed by atoms with Crippen LogP contribution in [0.25, 0.3) is 11.3 Å². The van der Waals surface area contributed by atoms with E-state index in [0.717, 1.165) is 0 Å². The number of carboxylic acid groups (broad SMARTS) is 1. The van der Waals surface area contributed by atoms with Crippen molar-refractivity contribution in [1.29, 1.82) is 0 Å². The number of hydrogen-bond donors (Lipinski definition) is 0. The molecule has 2 rings (SSSR count). The molecular weight excluding hydrogens is 244 g/mol. The first kappa shape index (κ1) is 11.4. The molecule has 0 amide bonds. The number of aldehydes is 1. The van der Waals surface area contributed by atoms with E-state index in [9.17, 15) is 14.7 Å². The van der Waals surface area contributed by atoms with Gasteiger partial charge in [-0.1, -0.05) is 17.7 Å². The quantitative estimate of drug-likeness (QED) is 0.778. The third-order valence-corrected chi connectivity index (χ3v) is 2.54. The second-order valence-electron chi connectivity index (χ2n) is 3.30. The van der Waals surface area contributed by atoms with Crippen molar-refractivity contribution in [2.24, 2.45) is 0 Å². The fourth-order valence-corrected chi connectivity index (χ4v) is 1.61. The first-order valence-electron chi connectivity index (χ1n) is 4.68. The van der Waals surface area contributed by atoms with Gasteiger partial charge in [-0.25, -0.2) is 0 Å². The molecule has 2 aromatic rings. The topological polar surface area (TPSA) is 70.3 Å². The molecule has 1 aromatic carbocycles. The van der Waals surface area contributed by atoms with E-state index in [2.05, 4.69) is 0 Å². The molecule has 86 valence electrons. The maximum absolute atomic E-state index is 10.7. The third kappa shape index (κ3) is 2.21. The average molecular weight is 250 g/mol. The van der Waals surface area contributed by atoms with Gasteiger partial charge in [0.05, 0.1) is 11.0 Å². The molecule has 0 saturated carbocycles. The van der Waals surface area contributed by atoms with Gasteiger partial charge in [0, 0.05) is 5.56 Å². The standard InChI is InChI=1S/C12H7ClO4/c13-10-3-1-7(12(15)16)5-9(10)11-4-2-8(6-14)17-11/h1-6H,(H,15,16)/p-1. The van der Waals surface area contributed by atoms with Gasteiger partial charge in [-0.05, 0) is 29.8 Å². The van der Waals surface area contributed by atoms with Gasteiger partial charge < -0.3 is 14.3 Å². The number of benzene rings is 1. The summed E-state index contributed by atoms with van der Waals surface area (Å²) in [6, 6.07) is 7.13. The van der Waals surface area contributed by atoms with Gasteiger partial charge in [0.15, 0.2) is 12.0 Å². The van der Waals surface area contributed by atoms with Crippen LogP contribution in [0.1, 0.15) is 20.9 Å². The first-order chi connectivity index (χ1) is 8.11. The van der Waals surface area contributed by atoms with Gasteiger partial charge in [-0.3, -0.25) is 4.79 Å². The fraction of sp³-hybridized carbons (Fsp3) is 0. The van der Waals surface area contributed by atoms with Crippen LogP contribution in [0.15, 0.2) is 34.7 Å². The highest BCUT2D eigenvalue weighted by Gasteiger charge is 2.09. The predicted molar refractivity (Wildman–Crippen MR) is 58.9 cm³/mol. The molecule has 0 radical (unpaired) electrons. The van der Waals surface area contributed by atoms with E-state index >= 15 is 0 Å². The summed E-state index contributed by atoms with van der Waals surface area (Å²) in [6.07, 6.45) is 0.556. The second kappa shape index (κ2) is 4.43. The molecule has 0 aliphatic heterocycles. The Balaban J connectivity index is 2.53. The summed E-state index contributed by atoms with van der Waals surface area (Å²) < 4.78 is 5.17. The summed E-state index contributed by atoms with van der Waals surface area (Å²) in [7, 11) is 0. The lowest BCUT2D eigenvalue weighted by atomic mass is 10.1. The SMILES string of the molecule is O=Cc1ccc(-c2cc(C(=O)[O-])ccc2Cl)o1. The van der Waals surface area contributed by atoms with E-state index in [4.69, 9.17) is 16.0 Å². The average Bonchev–Trinajstić information content (AvgIpc) is 2.77. The Bertz CT molecular complexity index is 586. The molecule has 0 saturated heterocycles. The van der Waals surface area contributed by atoms with E-state index in [-0.39, 0.29) is 11.3 Å². The van der Waals surface area contributed by atoms with Crippen molar-refractivity contribution in [2.45, 2.75) is 0 Å². The van der Waals surface area contributed by atoms with E-state index in [1.54, 1.807) is 6.07 Å². The van der Waals surface area contributed by atoms with E-state index < -0.39 is 5.97 Å². The van der Waals surface area contributed by atoms with E-state index in [1.807, 2.05) is 0 Å². The Morgan fingerprint density at radius 2 is 2.06 bits per heavy atom. The molecule has 5 heteroatoms. The van der Waals surface area contributed by atoms with Crippen LogP contribution in [-0.2, 0) is 0 Å². The number of furan rings is 1. The Kier molecular flexibility index (Phi) is 2.97. The number of carbonyl (C=O) groups is 2. The molecule has 0 N–H and O–H groups in total. The van der Waals surface area contributed by atoms with Crippen LogP contribution in [0, 0.1) is 0 Å². The minimum atomic E-state index is -1.30. The lowest BCUT2D eigenvalue weighted by Crippen LogP contribution is -2.22. The molecule has 0 aliphatic carbocycles.